The zero-order chi connectivity index (χ0) is 25.7. The van der Waals surface area contributed by atoms with E-state index < -0.39 is 67.1 Å². The quantitative estimate of drug-likeness (QED) is 0.340. The number of alkyl halides is 12. The summed E-state index contributed by atoms with van der Waals surface area (Å²) >= 11 is 1.30. The van der Waals surface area contributed by atoms with E-state index in [9.17, 15) is 53.6 Å². The molecule has 0 N–H and O–H groups in total. The molecule has 1 aliphatic carbocycles. The van der Waals surface area contributed by atoms with Crippen LogP contribution in [0.2, 0.25) is 0 Å². The summed E-state index contributed by atoms with van der Waals surface area (Å²) in [5.41, 5.74) is -18.4. The summed E-state index contributed by atoms with van der Waals surface area (Å²) in [5.74, 6) is -7.17. The van der Waals surface area contributed by atoms with Crippen molar-refractivity contribution in [2.75, 3.05) is 0 Å². The Morgan fingerprint density at radius 2 is 1.36 bits per heavy atom. The minimum atomic E-state index is -7.17. The molecule has 0 saturated heterocycles. The van der Waals surface area contributed by atoms with Gasteiger partial charge in [-0.05, 0) is 28.3 Å². The van der Waals surface area contributed by atoms with Crippen molar-refractivity contribution < 1.29 is 52.7 Å². The first-order valence-corrected chi connectivity index (χ1v) is 9.76. The third-order valence-electron chi connectivity index (χ3n) is 4.49. The topological polar surface area (TPSA) is 23.8 Å². The van der Waals surface area contributed by atoms with Crippen LogP contribution >= 0.6 is 27.7 Å². The molecule has 1 aromatic rings. The maximum Gasteiger partial charge on any atom is 0.457 e. The Kier molecular flexibility index (Phi) is 7.01. The first-order chi connectivity index (χ1) is 14.7. The highest BCUT2D eigenvalue weighted by molar-refractivity contribution is 9.11. The van der Waals surface area contributed by atoms with Crippen LogP contribution in [0.1, 0.15) is 11.1 Å². The molecule has 181 valence electrons. The lowest BCUT2D eigenvalue weighted by atomic mass is 9.62. The van der Waals surface area contributed by atoms with Crippen LogP contribution in [-0.2, 0) is 5.41 Å². The predicted molar refractivity (Wildman–Crippen MR) is 96.8 cm³/mol. The van der Waals surface area contributed by atoms with Gasteiger partial charge in [-0.3, -0.25) is 0 Å². The van der Waals surface area contributed by atoms with Crippen molar-refractivity contribution in [3.63, 3.8) is 0 Å². The SMILES string of the molecule is N#Cc1ccccc1C1(C(F)(C(F)(F)F)C(F)(F)C(F)(F)F)C=C(Br)[CH]C(SC(F)(F)F)=C1. The number of rotatable bonds is 4. The van der Waals surface area contributed by atoms with E-state index in [2.05, 4.69) is 15.9 Å². The lowest BCUT2D eigenvalue weighted by Crippen LogP contribution is -2.71. The summed E-state index contributed by atoms with van der Waals surface area (Å²) < 4.78 is 164. The van der Waals surface area contributed by atoms with Gasteiger partial charge in [-0.1, -0.05) is 46.3 Å². The van der Waals surface area contributed by atoms with Crippen LogP contribution in [-0.4, -0.2) is 29.5 Å². The lowest BCUT2D eigenvalue weighted by molar-refractivity contribution is -0.392. The number of nitriles is 1. The maximum absolute atomic E-state index is 15.8. The van der Waals surface area contributed by atoms with Crippen LogP contribution in [0.3, 0.4) is 0 Å². The predicted octanol–water partition coefficient (Wildman–Crippen LogP) is 7.90. The van der Waals surface area contributed by atoms with Gasteiger partial charge in [0.15, 0.2) is 0 Å². The van der Waals surface area contributed by atoms with E-state index in [1.54, 1.807) is 0 Å². The van der Waals surface area contributed by atoms with Gasteiger partial charge in [0.25, 0.3) is 5.67 Å². The first-order valence-electron chi connectivity index (χ1n) is 8.15. The van der Waals surface area contributed by atoms with Crippen molar-refractivity contribution in [2.24, 2.45) is 0 Å². The van der Waals surface area contributed by atoms with Crippen molar-refractivity contribution in [1.82, 2.24) is 0 Å². The summed E-state index contributed by atoms with van der Waals surface area (Å²) in [6.07, 6.45) is -14.1. The van der Waals surface area contributed by atoms with E-state index in [0.717, 1.165) is 12.1 Å². The van der Waals surface area contributed by atoms with Crippen LogP contribution in [0, 0.1) is 17.8 Å². The van der Waals surface area contributed by atoms with Gasteiger partial charge in [-0.2, -0.15) is 53.6 Å². The third-order valence-corrected chi connectivity index (χ3v) is 5.65. The zero-order valence-electron chi connectivity index (χ0n) is 15.3. The Morgan fingerprint density at radius 3 is 1.82 bits per heavy atom. The second-order valence-electron chi connectivity index (χ2n) is 6.52. The van der Waals surface area contributed by atoms with E-state index in [-0.39, 0.29) is 12.2 Å². The molecular formula is C18H7BrF12NS. The molecule has 0 fully saturated rings. The highest BCUT2D eigenvalue weighted by Crippen LogP contribution is 2.64. The Bertz CT molecular complexity index is 1020. The smallest absolute Gasteiger partial charge is 0.225 e. The Labute approximate surface area is 190 Å². The molecule has 0 heterocycles. The molecule has 0 aromatic heterocycles. The van der Waals surface area contributed by atoms with Crippen LogP contribution in [0.15, 0.2) is 45.8 Å². The second kappa shape index (κ2) is 8.44. The van der Waals surface area contributed by atoms with Gasteiger partial charge in [0.2, 0.25) is 0 Å². The minimum Gasteiger partial charge on any atom is -0.225 e. The van der Waals surface area contributed by atoms with Crippen molar-refractivity contribution >= 4 is 27.7 Å². The molecule has 0 amide bonds. The summed E-state index contributed by atoms with van der Waals surface area (Å²) in [4.78, 5) is -1.33. The summed E-state index contributed by atoms with van der Waals surface area (Å²) in [7, 11) is 0. The lowest BCUT2D eigenvalue weighted by Gasteiger charge is -2.48. The molecule has 1 nitrogen and oxygen atoms in total. The average molecular weight is 577 g/mol. The molecule has 0 bridgehead atoms. The van der Waals surface area contributed by atoms with Gasteiger partial charge in [-0.15, -0.1) is 0 Å². The van der Waals surface area contributed by atoms with Gasteiger partial charge in [0, 0.05) is 10.9 Å². The molecule has 1 aromatic carbocycles. The molecule has 2 unspecified atom stereocenters. The highest BCUT2D eigenvalue weighted by atomic mass is 79.9. The number of hydrogen-bond acceptors (Lipinski definition) is 2. The second-order valence-corrected chi connectivity index (χ2v) is 8.58. The van der Waals surface area contributed by atoms with Crippen LogP contribution in [0.5, 0.6) is 0 Å². The number of allylic oxidation sites excluding steroid dienone is 4. The van der Waals surface area contributed by atoms with Crippen molar-refractivity contribution in [3.8, 4) is 6.07 Å². The van der Waals surface area contributed by atoms with Crippen LogP contribution in [0.4, 0.5) is 52.7 Å². The largest absolute Gasteiger partial charge is 0.457 e. The van der Waals surface area contributed by atoms with Gasteiger partial charge in [0.1, 0.15) is 0 Å². The molecule has 15 heteroatoms. The number of nitrogens with zero attached hydrogens (tertiary/aromatic N) is 1. The molecule has 1 radical (unpaired) electrons. The summed E-state index contributed by atoms with van der Waals surface area (Å²) in [6.45, 7) is 0. The van der Waals surface area contributed by atoms with Crippen molar-refractivity contribution in [2.45, 2.75) is 34.9 Å². The molecule has 0 saturated carbocycles. The van der Waals surface area contributed by atoms with Crippen molar-refractivity contribution in [1.29, 1.82) is 5.26 Å². The number of halogens is 13. The summed E-state index contributed by atoms with van der Waals surface area (Å²) in [5, 5.41) is 9.20. The van der Waals surface area contributed by atoms with E-state index in [0.29, 0.717) is 18.6 Å². The van der Waals surface area contributed by atoms with Crippen LogP contribution in [0.25, 0.3) is 0 Å². The Hall–Kier alpha value is -1.82. The number of benzene rings is 1. The normalized spacial score (nSPS) is 22.2. The van der Waals surface area contributed by atoms with E-state index >= 15 is 4.39 Å². The monoisotopic (exact) mass is 576 g/mol. The molecule has 1 aliphatic rings. The fraction of sp³-hybridized carbons (Fsp3) is 0.333. The van der Waals surface area contributed by atoms with Crippen LogP contribution < -0.4 is 0 Å². The van der Waals surface area contributed by atoms with Gasteiger partial charge in [0.05, 0.1) is 17.0 Å². The fourth-order valence-corrected chi connectivity index (χ4v) is 4.70. The molecular weight excluding hydrogens is 570 g/mol. The van der Waals surface area contributed by atoms with Gasteiger partial charge < -0.3 is 0 Å². The maximum atomic E-state index is 15.8. The molecule has 0 spiro atoms. The highest BCUT2D eigenvalue weighted by Gasteiger charge is 2.87. The minimum absolute atomic E-state index is 0.0727. The van der Waals surface area contributed by atoms with E-state index in [1.165, 1.54) is 6.07 Å². The van der Waals surface area contributed by atoms with Gasteiger partial charge in [-0.25, -0.2) is 4.39 Å². The fourth-order valence-electron chi connectivity index (χ4n) is 3.24. The average Bonchev–Trinajstić information content (AvgIpc) is 2.63. The van der Waals surface area contributed by atoms with Gasteiger partial charge >= 0.3 is 23.8 Å². The Morgan fingerprint density at radius 1 is 0.818 bits per heavy atom. The van der Waals surface area contributed by atoms with Crippen molar-refractivity contribution in [3.05, 3.63) is 63.4 Å². The van der Waals surface area contributed by atoms with E-state index in [1.807, 2.05) is 0 Å². The molecule has 2 rings (SSSR count). The molecule has 2 atom stereocenters. The molecule has 0 aliphatic heterocycles. The number of thioether (sulfide) groups is 1. The molecule has 33 heavy (non-hydrogen) atoms. The summed E-state index contributed by atoms with van der Waals surface area (Å²) in [6, 6.07) is 4.14. The van der Waals surface area contributed by atoms with E-state index in [4.69, 9.17) is 0 Å². The third kappa shape index (κ3) is 4.60. The standard InChI is InChI=1S/C18H7BrF12NS/c19-10-5-11(33-18(29,30)31)7-13(6-10,12-4-2-1-3-9(12)8-32)14(20,16(23,24)25)15(21,22)17(26,27)28/h1-7H. The number of hydrogen-bond donors (Lipinski definition) is 0. The first kappa shape index (κ1) is 27.4. The Balaban J connectivity index is 3.14. The zero-order valence-corrected chi connectivity index (χ0v) is 17.7.